The van der Waals surface area contributed by atoms with E-state index in [9.17, 15) is 18.3 Å². The summed E-state index contributed by atoms with van der Waals surface area (Å²) >= 11 is 0. The summed E-state index contributed by atoms with van der Waals surface area (Å²) in [4.78, 5) is 11.4. The molecule has 0 saturated heterocycles. The molecule has 0 heterocycles. The fraction of sp³-hybridized carbons (Fsp3) is 0.462. The summed E-state index contributed by atoms with van der Waals surface area (Å²) in [5.74, 6) is -0.803. The second-order valence-corrected chi connectivity index (χ2v) is 7.03. The third kappa shape index (κ3) is 2.32. The zero-order chi connectivity index (χ0) is 14.3. The SMILES string of the molecule is CN(c1ccc(C2(C(=O)O)CCC2)cc1)S(C)(=O)=O. The molecule has 1 aromatic rings. The van der Waals surface area contributed by atoms with Gasteiger partial charge in [0.1, 0.15) is 0 Å². The minimum atomic E-state index is -3.30. The lowest BCUT2D eigenvalue weighted by Gasteiger charge is -2.38. The van der Waals surface area contributed by atoms with Crippen LogP contribution in [0.15, 0.2) is 24.3 Å². The first-order chi connectivity index (χ1) is 8.77. The van der Waals surface area contributed by atoms with E-state index in [4.69, 9.17) is 0 Å². The van der Waals surface area contributed by atoms with Crippen LogP contribution in [0.4, 0.5) is 5.69 Å². The van der Waals surface area contributed by atoms with Crippen LogP contribution in [0.5, 0.6) is 0 Å². The summed E-state index contributed by atoms with van der Waals surface area (Å²) in [7, 11) is -1.82. The van der Waals surface area contributed by atoms with Gasteiger partial charge in [-0.05, 0) is 30.5 Å². The molecule has 1 aliphatic carbocycles. The molecule has 0 radical (unpaired) electrons. The molecule has 6 heteroatoms. The molecular weight excluding hydrogens is 266 g/mol. The van der Waals surface area contributed by atoms with Crippen LogP contribution in [0.1, 0.15) is 24.8 Å². The number of carbonyl (C=O) groups is 1. The van der Waals surface area contributed by atoms with E-state index in [1.54, 1.807) is 24.3 Å². The van der Waals surface area contributed by atoms with E-state index < -0.39 is 21.4 Å². The lowest BCUT2D eigenvalue weighted by atomic mass is 9.64. The highest BCUT2D eigenvalue weighted by Gasteiger charge is 2.45. The van der Waals surface area contributed by atoms with Gasteiger partial charge >= 0.3 is 5.97 Å². The molecule has 0 aliphatic heterocycles. The second-order valence-electron chi connectivity index (χ2n) is 5.02. The number of carboxylic acids is 1. The fourth-order valence-electron chi connectivity index (χ4n) is 2.34. The van der Waals surface area contributed by atoms with Gasteiger partial charge in [-0.2, -0.15) is 0 Å². The molecular formula is C13H17NO4S. The average Bonchev–Trinajstić information content (AvgIpc) is 2.25. The molecule has 1 aliphatic rings. The van der Waals surface area contributed by atoms with Gasteiger partial charge < -0.3 is 5.11 Å². The largest absolute Gasteiger partial charge is 0.481 e. The highest BCUT2D eigenvalue weighted by molar-refractivity contribution is 7.92. The highest BCUT2D eigenvalue weighted by atomic mass is 32.2. The average molecular weight is 283 g/mol. The van der Waals surface area contributed by atoms with E-state index in [1.807, 2.05) is 0 Å². The zero-order valence-corrected chi connectivity index (χ0v) is 11.8. The molecule has 2 rings (SSSR count). The number of aliphatic carboxylic acids is 1. The Balaban J connectivity index is 2.31. The van der Waals surface area contributed by atoms with E-state index in [0.29, 0.717) is 18.5 Å². The van der Waals surface area contributed by atoms with Crippen molar-refractivity contribution in [1.29, 1.82) is 0 Å². The molecule has 19 heavy (non-hydrogen) atoms. The molecule has 1 fully saturated rings. The Morgan fingerprint density at radius 1 is 1.26 bits per heavy atom. The van der Waals surface area contributed by atoms with E-state index in [-0.39, 0.29) is 0 Å². The molecule has 0 spiro atoms. The maximum Gasteiger partial charge on any atom is 0.314 e. The van der Waals surface area contributed by atoms with E-state index in [1.165, 1.54) is 11.4 Å². The van der Waals surface area contributed by atoms with Crippen molar-refractivity contribution < 1.29 is 18.3 Å². The molecule has 0 unspecified atom stereocenters. The van der Waals surface area contributed by atoms with Crippen LogP contribution in [0.25, 0.3) is 0 Å². The summed E-state index contributed by atoms with van der Waals surface area (Å²) in [5, 5.41) is 9.34. The number of hydrogen-bond acceptors (Lipinski definition) is 3. The van der Waals surface area contributed by atoms with Crippen LogP contribution in [0, 0.1) is 0 Å². The first-order valence-electron chi connectivity index (χ1n) is 6.05. The topological polar surface area (TPSA) is 74.7 Å². The third-order valence-corrected chi connectivity index (χ3v) is 5.10. The molecule has 0 atom stereocenters. The fourth-order valence-corrected chi connectivity index (χ4v) is 2.84. The van der Waals surface area contributed by atoms with Crippen molar-refractivity contribution in [3.63, 3.8) is 0 Å². The lowest BCUT2D eigenvalue weighted by Crippen LogP contribution is -2.42. The Morgan fingerprint density at radius 2 is 1.79 bits per heavy atom. The van der Waals surface area contributed by atoms with Gasteiger partial charge in [-0.25, -0.2) is 8.42 Å². The standard InChI is InChI=1S/C13H17NO4S/c1-14(19(2,17)18)11-6-4-10(5-7-11)13(12(15)16)8-3-9-13/h4-7H,3,8-9H2,1-2H3,(H,15,16). The van der Waals surface area contributed by atoms with Gasteiger partial charge in [0.15, 0.2) is 0 Å². The first-order valence-corrected chi connectivity index (χ1v) is 7.90. The quantitative estimate of drug-likeness (QED) is 0.910. The number of nitrogens with zero attached hydrogens (tertiary/aromatic N) is 1. The van der Waals surface area contributed by atoms with Crippen LogP contribution in [-0.2, 0) is 20.2 Å². The molecule has 1 saturated carbocycles. The normalized spacial score (nSPS) is 17.6. The van der Waals surface area contributed by atoms with Crippen LogP contribution >= 0.6 is 0 Å². The smallest absolute Gasteiger partial charge is 0.314 e. The lowest BCUT2D eigenvalue weighted by molar-refractivity contribution is -0.147. The van der Waals surface area contributed by atoms with Crippen molar-refractivity contribution in [3.05, 3.63) is 29.8 Å². The van der Waals surface area contributed by atoms with Crippen molar-refractivity contribution >= 4 is 21.7 Å². The number of anilines is 1. The van der Waals surface area contributed by atoms with Gasteiger partial charge in [-0.15, -0.1) is 0 Å². The van der Waals surface area contributed by atoms with Gasteiger partial charge in [0, 0.05) is 7.05 Å². The van der Waals surface area contributed by atoms with E-state index >= 15 is 0 Å². The summed E-state index contributed by atoms with van der Waals surface area (Å²) in [6.45, 7) is 0. The minimum Gasteiger partial charge on any atom is -0.481 e. The Kier molecular flexibility index (Phi) is 3.30. The number of hydrogen-bond donors (Lipinski definition) is 1. The van der Waals surface area contributed by atoms with Gasteiger partial charge in [-0.3, -0.25) is 9.10 Å². The maximum atomic E-state index is 11.4. The number of benzene rings is 1. The first kappa shape index (κ1) is 13.9. The Bertz CT molecular complexity index is 588. The molecule has 1 N–H and O–H groups in total. The van der Waals surface area contributed by atoms with Crippen molar-refractivity contribution in [1.82, 2.24) is 0 Å². The van der Waals surface area contributed by atoms with E-state index in [0.717, 1.165) is 18.2 Å². The third-order valence-electron chi connectivity index (χ3n) is 3.90. The predicted octanol–water partition coefficient (Wildman–Crippen LogP) is 1.59. The van der Waals surface area contributed by atoms with Gasteiger partial charge in [0.25, 0.3) is 0 Å². The Labute approximate surface area is 112 Å². The predicted molar refractivity (Wildman–Crippen MR) is 72.9 cm³/mol. The van der Waals surface area contributed by atoms with Crippen molar-refractivity contribution in [2.75, 3.05) is 17.6 Å². The number of carboxylic acid groups (broad SMARTS) is 1. The monoisotopic (exact) mass is 283 g/mol. The Morgan fingerprint density at radius 3 is 2.11 bits per heavy atom. The van der Waals surface area contributed by atoms with Crippen molar-refractivity contribution in [3.8, 4) is 0 Å². The second kappa shape index (κ2) is 4.52. The summed E-state index contributed by atoms with van der Waals surface area (Å²) in [6, 6.07) is 6.73. The molecule has 1 aromatic carbocycles. The molecule has 5 nitrogen and oxygen atoms in total. The summed E-state index contributed by atoms with van der Waals surface area (Å²) < 4.78 is 24.0. The van der Waals surface area contributed by atoms with Crippen LogP contribution < -0.4 is 4.31 Å². The number of sulfonamides is 1. The van der Waals surface area contributed by atoms with Crippen LogP contribution in [0.3, 0.4) is 0 Å². The van der Waals surface area contributed by atoms with Crippen LogP contribution in [-0.4, -0.2) is 32.8 Å². The Hall–Kier alpha value is -1.56. The molecule has 0 bridgehead atoms. The molecule has 104 valence electrons. The zero-order valence-electron chi connectivity index (χ0n) is 11.0. The van der Waals surface area contributed by atoms with E-state index in [2.05, 4.69) is 0 Å². The van der Waals surface area contributed by atoms with Gasteiger partial charge in [0.2, 0.25) is 10.0 Å². The minimum absolute atomic E-state index is 0.533. The van der Waals surface area contributed by atoms with Crippen LogP contribution in [0.2, 0.25) is 0 Å². The van der Waals surface area contributed by atoms with Gasteiger partial charge in [0.05, 0.1) is 17.4 Å². The summed E-state index contributed by atoms with van der Waals surface area (Å²) in [6.07, 6.45) is 3.33. The molecule has 0 aromatic heterocycles. The molecule has 0 amide bonds. The summed E-state index contributed by atoms with van der Waals surface area (Å²) in [5.41, 5.74) is 0.505. The van der Waals surface area contributed by atoms with Crippen molar-refractivity contribution in [2.24, 2.45) is 0 Å². The highest BCUT2D eigenvalue weighted by Crippen LogP contribution is 2.44. The maximum absolute atomic E-state index is 11.4. The number of rotatable bonds is 4. The van der Waals surface area contributed by atoms with Gasteiger partial charge in [-0.1, -0.05) is 18.6 Å². The van der Waals surface area contributed by atoms with Crippen molar-refractivity contribution in [2.45, 2.75) is 24.7 Å².